The summed E-state index contributed by atoms with van der Waals surface area (Å²) in [6.07, 6.45) is -0.534. The number of hydrogen-bond acceptors (Lipinski definition) is 3. The van der Waals surface area contributed by atoms with Gasteiger partial charge in [-0.1, -0.05) is 6.07 Å². The summed E-state index contributed by atoms with van der Waals surface area (Å²) in [5, 5.41) is 8.84. The Labute approximate surface area is 100 Å². The number of rotatable bonds is 1. The van der Waals surface area contributed by atoms with E-state index >= 15 is 0 Å². The summed E-state index contributed by atoms with van der Waals surface area (Å²) in [6, 6.07) is 7.99. The van der Waals surface area contributed by atoms with Crippen LogP contribution in [0.2, 0.25) is 0 Å². The van der Waals surface area contributed by atoms with Crippen LogP contribution in [0, 0.1) is 25.2 Å². The number of amides is 1. The number of nitriles is 1. The molecule has 88 valence electrons. The molecule has 1 heterocycles. The number of morpholine rings is 1. The summed E-state index contributed by atoms with van der Waals surface area (Å²) in [5.74, 6) is -0.0958. The molecule has 0 aromatic heterocycles. The maximum absolute atomic E-state index is 11.8. The number of ether oxygens (including phenoxy) is 1. The Balaban J connectivity index is 2.31. The van der Waals surface area contributed by atoms with Gasteiger partial charge in [-0.15, -0.1) is 0 Å². The molecule has 0 spiro atoms. The number of aryl methyl sites for hydroxylation is 2. The van der Waals surface area contributed by atoms with Crippen LogP contribution in [0.4, 0.5) is 5.69 Å². The molecule has 0 saturated carbocycles. The molecule has 1 aromatic rings. The van der Waals surface area contributed by atoms with Gasteiger partial charge in [-0.05, 0) is 37.1 Å². The van der Waals surface area contributed by atoms with Gasteiger partial charge in [0, 0.05) is 5.69 Å². The molecular weight excluding hydrogens is 216 g/mol. The second-order valence-electron chi connectivity index (χ2n) is 4.28. The topological polar surface area (TPSA) is 53.3 Å². The minimum atomic E-state index is -0.534. The fraction of sp³-hybridized carbons (Fsp3) is 0.385. The third-order valence-corrected chi connectivity index (χ3v) is 2.72. The van der Waals surface area contributed by atoms with E-state index < -0.39 is 6.10 Å². The summed E-state index contributed by atoms with van der Waals surface area (Å²) in [5.41, 5.74) is 3.05. The van der Waals surface area contributed by atoms with Crippen LogP contribution in [0.25, 0.3) is 0 Å². The Bertz CT molecular complexity index is 470. The Kier molecular flexibility index (Phi) is 3.12. The number of carbonyl (C=O) groups excluding carboxylic acids is 1. The lowest BCUT2D eigenvalue weighted by Gasteiger charge is -2.30. The van der Waals surface area contributed by atoms with Crippen molar-refractivity contribution in [2.75, 3.05) is 18.1 Å². The molecular formula is C13H14N2O2. The normalized spacial score (nSPS) is 20.2. The summed E-state index contributed by atoms with van der Waals surface area (Å²) < 4.78 is 5.10. The standard InChI is InChI=1S/C13H14N2O2/c1-9-3-10(2)5-11(4-9)15-7-12(6-14)17-8-13(15)16/h3-5,12H,7-8H2,1-2H3. The summed E-state index contributed by atoms with van der Waals surface area (Å²) in [4.78, 5) is 13.4. The van der Waals surface area contributed by atoms with Crippen molar-refractivity contribution >= 4 is 11.6 Å². The first-order valence-corrected chi connectivity index (χ1v) is 5.50. The molecule has 1 unspecified atom stereocenters. The van der Waals surface area contributed by atoms with Gasteiger partial charge in [0.1, 0.15) is 6.61 Å². The van der Waals surface area contributed by atoms with Crippen LogP contribution in [0.1, 0.15) is 11.1 Å². The number of anilines is 1. The average molecular weight is 230 g/mol. The summed E-state index contributed by atoms with van der Waals surface area (Å²) in [6.45, 7) is 4.26. The van der Waals surface area contributed by atoms with Gasteiger partial charge >= 0.3 is 0 Å². The highest BCUT2D eigenvalue weighted by molar-refractivity contribution is 5.95. The van der Waals surface area contributed by atoms with E-state index in [1.54, 1.807) is 4.90 Å². The highest BCUT2D eigenvalue weighted by Crippen LogP contribution is 2.21. The molecule has 1 saturated heterocycles. The largest absolute Gasteiger partial charge is 0.352 e. The summed E-state index contributed by atoms with van der Waals surface area (Å²) >= 11 is 0. The van der Waals surface area contributed by atoms with Crippen molar-refractivity contribution in [1.82, 2.24) is 0 Å². The molecule has 1 aromatic carbocycles. The first-order valence-electron chi connectivity index (χ1n) is 5.50. The fourth-order valence-electron chi connectivity index (χ4n) is 2.00. The smallest absolute Gasteiger partial charge is 0.253 e. The molecule has 0 aliphatic carbocycles. The third-order valence-electron chi connectivity index (χ3n) is 2.72. The van der Waals surface area contributed by atoms with Gasteiger partial charge in [0.2, 0.25) is 0 Å². The van der Waals surface area contributed by atoms with E-state index in [4.69, 9.17) is 10.00 Å². The van der Waals surface area contributed by atoms with E-state index in [-0.39, 0.29) is 12.5 Å². The molecule has 1 fully saturated rings. The maximum Gasteiger partial charge on any atom is 0.253 e. The molecule has 17 heavy (non-hydrogen) atoms. The van der Waals surface area contributed by atoms with Gasteiger partial charge in [0.05, 0.1) is 12.6 Å². The lowest BCUT2D eigenvalue weighted by atomic mass is 10.1. The number of benzene rings is 1. The van der Waals surface area contributed by atoms with Crippen LogP contribution in [0.3, 0.4) is 0 Å². The first-order chi connectivity index (χ1) is 8.10. The van der Waals surface area contributed by atoms with E-state index in [0.29, 0.717) is 6.54 Å². The highest BCUT2D eigenvalue weighted by Gasteiger charge is 2.27. The maximum atomic E-state index is 11.8. The van der Waals surface area contributed by atoms with Crippen LogP contribution >= 0.6 is 0 Å². The van der Waals surface area contributed by atoms with Crippen LogP contribution in [0.5, 0.6) is 0 Å². The predicted molar refractivity (Wildman–Crippen MR) is 63.6 cm³/mol. The van der Waals surface area contributed by atoms with Gasteiger partial charge in [-0.3, -0.25) is 4.79 Å². The Morgan fingerprint density at radius 3 is 2.59 bits per heavy atom. The number of nitrogens with zero attached hydrogens (tertiary/aromatic N) is 2. The van der Waals surface area contributed by atoms with Crippen molar-refractivity contribution in [3.8, 4) is 6.07 Å². The molecule has 4 heteroatoms. The molecule has 1 aliphatic heterocycles. The van der Waals surface area contributed by atoms with Gasteiger partial charge in [0.15, 0.2) is 6.10 Å². The van der Waals surface area contributed by atoms with Crippen LogP contribution in [-0.2, 0) is 9.53 Å². The van der Waals surface area contributed by atoms with E-state index in [1.165, 1.54) is 0 Å². The Hall–Kier alpha value is -1.86. The summed E-state index contributed by atoms with van der Waals surface area (Å²) in [7, 11) is 0. The monoisotopic (exact) mass is 230 g/mol. The lowest BCUT2D eigenvalue weighted by Crippen LogP contribution is -2.46. The predicted octanol–water partition coefficient (Wildman–Crippen LogP) is 1.56. The number of carbonyl (C=O) groups is 1. The minimum Gasteiger partial charge on any atom is -0.352 e. The van der Waals surface area contributed by atoms with Crippen molar-refractivity contribution < 1.29 is 9.53 Å². The first kappa shape index (κ1) is 11.6. The molecule has 0 N–H and O–H groups in total. The Morgan fingerprint density at radius 2 is 2.00 bits per heavy atom. The molecule has 1 aliphatic rings. The van der Waals surface area contributed by atoms with Crippen LogP contribution < -0.4 is 4.90 Å². The van der Waals surface area contributed by atoms with Crippen molar-refractivity contribution in [1.29, 1.82) is 5.26 Å². The molecule has 1 atom stereocenters. The van der Waals surface area contributed by atoms with Crippen molar-refractivity contribution in [2.45, 2.75) is 20.0 Å². The zero-order chi connectivity index (χ0) is 12.4. The Morgan fingerprint density at radius 1 is 1.35 bits per heavy atom. The van der Waals surface area contributed by atoms with Crippen molar-refractivity contribution in [2.24, 2.45) is 0 Å². The fourth-order valence-corrected chi connectivity index (χ4v) is 2.00. The molecule has 4 nitrogen and oxygen atoms in total. The zero-order valence-electron chi connectivity index (χ0n) is 9.93. The quantitative estimate of drug-likeness (QED) is 0.735. The zero-order valence-corrected chi connectivity index (χ0v) is 9.93. The average Bonchev–Trinajstić information content (AvgIpc) is 2.28. The molecule has 2 rings (SSSR count). The van der Waals surface area contributed by atoms with Crippen molar-refractivity contribution in [3.63, 3.8) is 0 Å². The van der Waals surface area contributed by atoms with Gasteiger partial charge in [0.25, 0.3) is 5.91 Å². The molecule has 0 bridgehead atoms. The minimum absolute atomic E-state index is 0.0226. The van der Waals surface area contributed by atoms with Crippen LogP contribution in [0.15, 0.2) is 18.2 Å². The van der Waals surface area contributed by atoms with Crippen molar-refractivity contribution in [3.05, 3.63) is 29.3 Å². The number of hydrogen-bond donors (Lipinski definition) is 0. The van der Waals surface area contributed by atoms with E-state index in [9.17, 15) is 4.79 Å². The van der Waals surface area contributed by atoms with E-state index in [1.807, 2.05) is 32.0 Å². The molecule has 0 radical (unpaired) electrons. The third kappa shape index (κ3) is 2.45. The van der Waals surface area contributed by atoms with E-state index in [0.717, 1.165) is 16.8 Å². The second-order valence-corrected chi connectivity index (χ2v) is 4.28. The molecule has 1 amide bonds. The van der Waals surface area contributed by atoms with Gasteiger partial charge in [-0.25, -0.2) is 0 Å². The van der Waals surface area contributed by atoms with E-state index in [2.05, 4.69) is 6.07 Å². The highest BCUT2D eigenvalue weighted by atomic mass is 16.5. The van der Waals surface area contributed by atoms with Crippen LogP contribution in [-0.4, -0.2) is 25.2 Å². The SMILES string of the molecule is Cc1cc(C)cc(N2CC(C#N)OCC2=O)c1. The second kappa shape index (κ2) is 4.56. The lowest BCUT2D eigenvalue weighted by molar-refractivity contribution is -0.127. The van der Waals surface area contributed by atoms with Gasteiger partial charge in [-0.2, -0.15) is 5.26 Å². The van der Waals surface area contributed by atoms with Gasteiger partial charge < -0.3 is 9.64 Å².